The molecule has 0 saturated carbocycles. The lowest BCUT2D eigenvalue weighted by Gasteiger charge is -2.09. The number of ketones is 1. The first-order chi connectivity index (χ1) is 10.5. The summed E-state index contributed by atoms with van der Waals surface area (Å²) < 4.78 is 0. The van der Waals surface area contributed by atoms with Crippen molar-refractivity contribution in [2.45, 2.75) is 26.7 Å². The monoisotopic (exact) mass is 315 g/mol. The standard InChI is InChI=1S/C18H18ClNO2/c1-12-6-8-14(9-7-12)17(21)10-11-18(22)20-16-5-3-4-15(19)13(16)2/h3-9H,10-11H2,1-2H3,(H,20,22). The van der Waals surface area contributed by atoms with Crippen LogP contribution in [0.4, 0.5) is 5.69 Å². The van der Waals surface area contributed by atoms with Crippen molar-refractivity contribution in [2.24, 2.45) is 0 Å². The second-order valence-corrected chi connectivity index (χ2v) is 5.66. The molecule has 0 atom stereocenters. The minimum absolute atomic E-state index is 0.0297. The molecule has 1 N–H and O–H groups in total. The van der Waals surface area contributed by atoms with Crippen molar-refractivity contribution in [2.75, 3.05) is 5.32 Å². The number of hydrogen-bond donors (Lipinski definition) is 1. The molecule has 0 bridgehead atoms. The van der Waals surface area contributed by atoms with Gasteiger partial charge in [0.1, 0.15) is 0 Å². The molecule has 0 radical (unpaired) electrons. The van der Waals surface area contributed by atoms with E-state index >= 15 is 0 Å². The fourth-order valence-corrected chi connectivity index (χ4v) is 2.24. The van der Waals surface area contributed by atoms with Crippen LogP contribution in [0.25, 0.3) is 0 Å². The highest BCUT2D eigenvalue weighted by Gasteiger charge is 2.11. The van der Waals surface area contributed by atoms with Crippen LogP contribution in [-0.4, -0.2) is 11.7 Å². The van der Waals surface area contributed by atoms with Gasteiger partial charge in [0.2, 0.25) is 5.91 Å². The average Bonchev–Trinajstić information content (AvgIpc) is 2.50. The molecule has 22 heavy (non-hydrogen) atoms. The molecule has 2 aromatic rings. The van der Waals surface area contributed by atoms with E-state index in [2.05, 4.69) is 5.32 Å². The molecule has 0 spiro atoms. The third-order valence-corrected chi connectivity index (χ3v) is 3.90. The highest BCUT2D eigenvalue weighted by atomic mass is 35.5. The molecule has 0 aliphatic rings. The number of carbonyl (C=O) groups is 2. The minimum atomic E-state index is -0.189. The van der Waals surface area contributed by atoms with Gasteiger partial charge >= 0.3 is 0 Å². The van der Waals surface area contributed by atoms with Crippen molar-refractivity contribution in [1.29, 1.82) is 0 Å². The SMILES string of the molecule is Cc1ccc(C(=O)CCC(=O)Nc2cccc(Cl)c2C)cc1. The van der Waals surface area contributed by atoms with Gasteiger partial charge in [-0.25, -0.2) is 0 Å². The normalized spacial score (nSPS) is 10.3. The molecule has 2 rings (SSSR count). The van der Waals surface area contributed by atoms with Gasteiger partial charge in [-0.3, -0.25) is 9.59 Å². The fourth-order valence-electron chi connectivity index (χ4n) is 2.07. The number of rotatable bonds is 5. The molecular weight excluding hydrogens is 298 g/mol. The van der Waals surface area contributed by atoms with Crippen LogP contribution in [0.5, 0.6) is 0 Å². The van der Waals surface area contributed by atoms with Gasteiger partial charge in [-0.1, -0.05) is 47.5 Å². The number of aryl methyl sites for hydroxylation is 1. The zero-order valence-electron chi connectivity index (χ0n) is 12.7. The molecule has 0 unspecified atom stereocenters. The third-order valence-electron chi connectivity index (χ3n) is 3.49. The maximum Gasteiger partial charge on any atom is 0.224 e. The lowest BCUT2D eigenvalue weighted by molar-refractivity contribution is -0.116. The summed E-state index contributed by atoms with van der Waals surface area (Å²) >= 11 is 6.01. The summed E-state index contributed by atoms with van der Waals surface area (Å²) in [6.07, 6.45) is 0.340. The summed E-state index contributed by atoms with van der Waals surface area (Å²) in [7, 11) is 0. The zero-order valence-corrected chi connectivity index (χ0v) is 13.4. The Morgan fingerprint density at radius 1 is 1.00 bits per heavy atom. The number of benzene rings is 2. The summed E-state index contributed by atoms with van der Waals surface area (Å²) in [4.78, 5) is 24.0. The van der Waals surface area contributed by atoms with Crippen molar-refractivity contribution >= 4 is 29.0 Å². The van der Waals surface area contributed by atoms with Crippen molar-refractivity contribution in [3.05, 3.63) is 64.2 Å². The summed E-state index contributed by atoms with van der Waals surface area (Å²) in [5.41, 5.74) is 3.24. The Labute approximate surface area is 135 Å². The van der Waals surface area contributed by atoms with Crippen LogP contribution >= 0.6 is 11.6 Å². The van der Waals surface area contributed by atoms with Gasteiger partial charge in [0.25, 0.3) is 0 Å². The van der Waals surface area contributed by atoms with Crippen molar-refractivity contribution in [3.63, 3.8) is 0 Å². The van der Waals surface area contributed by atoms with Gasteiger partial charge in [0.05, 0.1) is 0 Å². The smallest absolute Gasteiger partial charge is 0.224 e. The molecule has 3 nitrogen and oxygen atoms in total. The van der Waals surface area contributed by atoms with Crippen molar-refractivity contribution in [1.82, 2.24) is 0 Å². The molecule has 0 fully saturated rings. The highest BCUT2D eigenvalue weighted by Crippen LogP contribution is 2.23. The van der Waals surface area contributed by atoms with Crippen molar-refractivity contribution < 1.29 is 9.59 Å². The molecule has 0 aliphatic carbocycles. The molecule has 114 valence electrons. The van der Waals surface area contributed by atoms with Gasteiger partial charge < -0.3 is 5.32 Å². The number of hydrogen-bond acceptors (Lipinski definition) is 2. The van der Waals surface area contributed by atoms with Crippen LogP contribution in [-0.2, 0) is 4.79 Å². The van der Waals surface area contributed by atoms with E-state index in [1.165, 1.54) is 0 Å². The van der Waals surface area contributed by atoms with E-state index in [9.17, 15) is 9.59 Å². The average molecular weight is 316 g/mol. The number of Topliss-reactive ketones (excluding diaryl/α,β-unsaturated/α-hetero) is 1. The van der Waals surface area contributed by atoms with E-state index in [0.29, 0.717) is 16.3 Å². The second kappa shape index (κ2) is 7.23. The molecule has 0 saturated heterocycles. The quantitative estimate of drug-likeness (QED) is 0.822. The summed E-state index contributed by atoms with van der Waals surface area (Å²) in [6.45, 7) is 3.81. The first kappa shape index (κ1) is 16.2. The Hall–Kier alpha value is -2.13. The second-order valence-electron chi connectivity index (χ2n) is 5.25. The van der Waals surface area contributed by atoms with E-state index in [0.717, 1.165) is 11.1 Å². The van der Waals surface area contributed by atoms with Crippen LogP contribution in [0.2, 0.25) is 5.02 Å². The summed E-state index contributed by atoms with van der Waals surface area (Å²) in [6, 6.07) is 12.7. The number of anilines is 1. The zero-order chi connectivity index (χ0) is 16.1. The Kier molecular flexibility index (Phi) is 5.34. The van der Waals surface area contributed by atoms with Crippen LogP contribution in [0.1, 0.15) is 34.3 Å². The predicted molar refractivity (Wildman–Crippen MR) is 89.6 cm³/mol. The molecular formula is C18H18ClNO2. The molecule has 0 heterocycles. The van der Waals surface area contributed by atoms with Crippen LogP contribution in [0.15, 0.2) is 42.5 Å². The van der Waals surface area contributed by atoms with Crippen LogP contribution in [0, 0.1) is 13.8 Å². The van der Waals surface area contributed by atoms with E-state index in [1.807, 2.05) is 26.0 Å². The largest absolute Gasteiger partial charge is 0.326 e. The van der Waals surface area contributed by atoms with E-state index in [1.54, 1.807) is 30.3 Å². The molecule has 0 aliphatic heterocycles. The molecule has 2 aromatic carbocycles. The Bertz CT molecular complexity index is 693. The van der Waals surface area contributed by atoms with Crippen LogP contribution in [0.3, 0.4) is 0 Å². The number of halogens is 1. The number of nitrogens with one attached hydrogen (secondary N) is 1. The number of amides is 1. The Morgan fingerprint density at radius 3 is 2.36 bits per heavy atom. The Morgan fingerprint density at radius 2 is 1.68 bits per heavy atom. The maximum absolute atomic E-state index is 12.0. The van der Waals surface area contributed by atoms with Gasteiger partial charge in [0, 0.05) is 29.1 Å². The topological polar surface area (TPSA) is 46.2 Å². The lowest BCUT2D eigenvalue weighted by Crippen LogP contribution is -2.14. The summed E-state index contributed by atoms with van der Waals surface area (Å²) in [5.74, 6) is -0.219. The molecule has 0 aromatic heterocycles. The van der Waals surface area contributed by atoms with E-state index in [-0.39, 0.29) is 24.5 Å². The van der Waals surface area contributed by atoms with Gasteiger partial charge in [-0.2, -0.15) is 0 Å². The minimum Gasteiger partial charge on any atom is -0.326 e. The third kappa shape index (κ3) is 4.18. The van der Waals surface area contributed by atoms with Gasteiger partial charge in [0.15, 0.2) is 5.78 Å². The first-order valence-electron chi connectivity index (χ1n) is 7.12. The van der Waals surface area contributed by atoms with Crippen molar-refractivity contribution in [3.8, 4) is 0 Å². The molecule has 4 heteroatoms. The fraction of sp³-hybridized carbons (Fsp3) is 0.222. The summed E-state index contributed by atoms with van der Waals surface area (Å²) in [5, 5.41) is 3.40. The maximum atomic E-state index is 12.0. The van der Waals surface area contributed by atoms with Crippen LogP contribution < -0.4 is 5.32 Å². The predicted octanol–water partition coefficient (Wildman–Crippen LogP) is 4.56. The number of carbonyl (C=O) groups excluding carboxylic acids is 2. The van der Waals surface area contributed by atoms with Gasteiger partial charge in [-0.05, 0) is 31.5 Å². The van der Waals surface area contributed by atoms with E-state index < -0.39 is 0 Å². The Balaban J connectivity index is 1.91. The lowest BCUT2D eigenvalue weighted by atomic mass is 10.0. The first-order valence-corrected chi connectivity index (χ1v) is 7.50. The van der Waals surface area contributed by atoms with Gasteiger partial charge in [-0.15, -0.1) is 0 Å². The molecule has 1 amide bonds. The van der Waals surface area contributed by atoms with E-state index in [4.69, 9.17) is 11.6 Å². The highest BCUT2D eigenvalue weighted by molar-refractivity contribution is 6.31.